The fourth-order valence-corrected chi connectivity index (χ4v) is 2.91. The number of nitrogens with one attached hydrogen (secondary N) is 1. The molecular weight excluding hydrogens is 350 g/mol. The number of benzene rings is 2. The molecule has 0 unspecified atom stereocenters. The minimum atomic E-state index is -3.70. The summed E-state index contributed by atoms with van der Waals surface area (Å²) in [5, 5.41) is 1.03. The summed E-state index contributed by atoms with van der Waals surface area (Å²) in [6, 6.07) is 16.8. The summed E-state index contributed by atoms with van der Waals surface area (Å²) in [5.74, 6) is -0.195. The van der Waals surface area contributed by atoms with Gasteiger partial charge in [-0.1, -0.05) is 68.4 Å². The van der Waals surface area contributed by atoms with E-state index >= 15 is 0 Å². The van der Waals surface area contributed by atoms with Gasteiger partial charge in [0.25, 0.3) is 0 Å². The Labute approximate surface area is 154 Å². The number of carbonyl (C=O) groups excluding carboxylic acids is 1. The van der Waals surface area contributed by atoms with Gasteiger partial charge in [0.05, 0.1) is 0 Å². The van der Waals surface area contributed by atoms with Gasteiger partial charge in [-0.25, -0.2) is 13.1 Å². The van der Waals surface area contributed by atoms with Gasteiger partial charge in [-0.15, -0.1) is 0 Å². The molecule has 6 heteroatoms. The third-order valence-electron chi connectivity index (χ3n) is 3.70. The van der Waals surface area contributed by atoms with Crippen molar-refractivity contribution in [2.75, 3.05) is 6.54 Å². The van der Waals surface area contributed by atoms with E-state index in [1.165, 1.54) is 11.6 Å². The van der Waals surface area contributed by atoms with Crippen LogP contribution in [0.2, 0.25) is 0 Å². The normalized spacial score (nSPS) is 11.8. The molecule has 0 spiro atoms. The first-order valence-corrected chi connectivity index (χ1v) is 9.87. The first kappa shape index (κ1) is 19.9. The third-order valence-corrected chi connectivity index (χ3v) is 4.74. The summed E-state index contributed by atoms with van der Waals surface area (Å²) in [7, 11) is -3.70. The second-order valence-corrected chi connectivity index (χ2v) is 7.79. The van der Waals surface area contributed by atoms with Crippen LogP contribution in [0.3, 0.4) is 0 Å². The molecule has 0 bridgehead atoms. The predicted octanol–water partition coefficient (Wildman–Crippen LogP) is 3.44. The Bertz CT molecular complexity index is 841. The average molecular weight is 373 g/mol. The zero-order valence-electron chi connectivity index (χ0n) is 14.9. The molecule has 2 aromatic carbocycles. The van der Waals surface area contributed by atoms with Crippen LogP contribution in [0.5, 0.6) is 0 Å². The van der Waals surface area contributed by atoms with Gasteiger partial charge >= 0.3 is 5.97 Å². The number of carbonyl (C=O) groups is 1. The first-order valence-electron chi connectivity index (χ1n) is 8.33. The van der Waals surface area contributed by atoms with E-state index in [-0.39, 0.29) is 6.61 Å². The van der Waals surface area contributed by atoms with E-state index in [0.717, 1.165) is 16.5 Å². The molecule has 0 saturated carbocycles. The van der Waals surface area contributed by atoms with E-state index < -0.39 is 22.5 Å². The lowest BCUT2D eigenvalue weighted by atomic mass is 10.0. The Morgan fingerprint density at radius 3 is 2.35 bits per heavy atom. The Hall–Kier alpha value is -2.44. The molecule has 2 aromatic rings. The van der Waals surface area contributed by atoms with Crippen molar-refractivity contribution >= 4 is 22.1 Å². The topological polar surface area (TPSA) is 72.5 Å². The number of esters is 1. The molecule has 0 aliphatic carbocycles. The highest BCUT2D eigenvalue weighted by Crippen LogP contribution is 2.15. The van der Waals surface area contributed by atoms with Gasteiger partial charge < -0.3 is 4.74 Å². The number of sulfonamides is 1. The van der Waals surface area contributed by atoms with Gasteiger partial charge in [-0.05, 0) is 28.7 Å². The van der Waals surface area contributed by atoms with Crippen molar-refractivity contribution in [3.63, 3.8) is 0 Å². The Morgan fingerprint density at radius 2 is 1.73 bits per heavy atom. The second kappa shape index (κ2) is 9.31. The summed E-state index contributed by atoms with van der Waals surface area (Å²) < 4.78 is 31.1. The zero-order chi connectivity index (χ0) is 19.0. The molecule has 0 atom stereocenters. The first-order chi connectivity index (χ1) is 12.4. The largest absolute Gasteiger partial charge is 0.460 e. The van der Waals surface area contributed by atoms with Gasteiger partial charge in [0.15, 0.2) is 0 Å². The van der Waals surface area contributed by atoms with E-state index in [9.17, 15) is 13.2 Å². The highest BCUT2D eigenvalue weighted by molar-refractivity contribution is 7.92. The third kappa shape index (κ3) is 6.82. The summed E-state index contributed by atoms with van der Waals surface area (Å²) in [6.45, 7) is 3.91. The molecular formula is C20H23NO4S. The molecule has 0 saturated heterocycles. The molecule has 0 aliphatic rings. The maximum Gasteiger partial charge on any atom is 0.321 e. The minimum Gasteiger partial charge on any atom is -0.460 e. The van der Waals surface area contributed by atoms with Crippen molar-refractivity contribution in [2.45, 2.75) is 26.4 Å². The van der Waals surface area contributed by atoms with Gasteiger partial charge in [0.2, 0.25) is 10.0 Å². The van der Waals surface area contributed by atoms with Crippen molar-refractivity contribution in [2.24, 2.45) is 0 Å². The molecule has 0 fully saturated rings. The minimum absolute atomic E-state index is 0.110. The number of hydrogen-bond acceptors (Lipinski definition) is 4. The lowest BCUT2D eigenvalue weighted by Crippen LogP contribution is -2.29. The number of hydrogen-bond donors (Lipinski definition) is 1. The quantitative estimate of drug-likeness (QED) is 0.720. The fraction of sp³-hybridized carbons (Fsp3) is 0.250. The Morgan fingerprint density at radius 1 is 1.08 bits per heavy atom. The fourth-order valence-electron chi connectivity index (χ4n) is 2.15. The van der Waals surface area contributed by atoms with Crippen molar-refractivity contribution in [3.05, 3.63) is 76.7 Å². The SMILES string of the molecule is CC(C)c1ccc(COC(=O)CNS(=O)(=O)/C=C/c2ccccc2)cc1. The number of rotatable bonds is 8. The molecule has 0 aliphatic heterocycles. The van der Waals surface area contributed by atoms with E-state index in [0.29, 0.717) is 5.92 Å². The van der Waals surface area contributed by atoms with Crippen molar-refractivity contribution in [1.82, 2.24) is 4.72 Å². The van der Waals surface area contributed by atoms with E-state index in [1.807, 2.05) is 42.5 Å². The van der Waals surface area contributed by atoms with E-state index in [2.05, 4.69) is 18.6 Å². The molecule has 26 heavy (non-hydrogen) atoms. The highest BCUT2D eigenvalue weighted by Gasteiger charge is 2.10. The molecule has 0 radical (unpaired) electrons. The summed E-state index contributed by atoms with van der Waals surface area (Å²) >= 11 is 0. The monoisotopic (exact) mass is 373 g/mol. The molecule has 138 valence electrons. The molecule has 0 amide bonds. The predicted molar refractivity (Wildman–Crippen MR) is 103 cm³/mol. The van der Waals surface area contributed by atoms with Gasteiger partial charge in [0.1, 0.15) is 13.2 Å². The summed E-state index contributed by atoms with van der Waals surface area (Å²) in [5.41, 5.74) is 2.82. The highest BCUT2D eigenvalue weighted by atomic mass is 32.2. The smallest absolute Gasteiger partial charge is 0.321 e. The lowest BCUT2D eigenvalue weighted by molar-refractivity contribution is -0.143. The van der Waals surface area contributed by atoms with Crippen molar-refractivity contribution in [1.29, 1.82) is 0 Å². The molecule has 0 aromatic heterocycles. The van der Waals surface area contributed by atoms with Crippen LogP contribution < -0.4 is 4.72 Å². The zero-order valence-corrected chi connectivity index (χ0v) is 15.7. The molecule has 1 N–H and O–H groups in total. The van der Waals surface area contributed by atoms with Crippen LogP contribution in [0, 0.1) is 0 Å². The Kier molecular flexibility index (Phi) is 7.12. The van der Waals surface area contributed by atoms with Crippen molar-refractivity contribution < 1.29 is 17.9 Å². The van der Waals surface area contributed by atoms with Crippen LogP contribution in [-0.2, 0) is 26.2 Å². The maximum atomic E-state index is 11.9. The molecule has 2 rings (SSSR count). The van der Waals surface area contributed by atoms with Crippen LogP contribution in [0.15, 0.2) is 60.0 Å². The van der Waals surface area contributed by atoms with Gasteiger partial charge in [0, 0.05) is 5.41 Å². The maximum absolute atomic E-state index is 11.9. The van der Waals surface area contributed by atoms with Crippen LogP contribution in [-0.4, -0.2) is 20.9 Å². The average Bonchev–Trinajstić information content (AvgIpc) is 2.64. The van der Waals surface area contributed by atoms with E-state index in [1.54, 1.807) is 12.1 Å². The molecule has 5 nitrogen and oxygen atoms in total. The lowest BCUT2D eigenvalue weighted by Gasteiger charge is -2.08. The van der Waals surface area contributed by atoms with Crippen LogP contribution in [0.25, 0.3) is 6.08 Å². The van der Waals surface area contributed by atoms with Crippen LogP contribution in [0.1, 0.15) is 36.5 Å². The van der Waals surface area contributed by atoms with Crippen molar-refractivity contribution in [3.8, 4) is 0 Å². The number of ether oxygens (including phenoxy) is 1. The van der Waals surface area contributed by atoms with Gasteiger partial charge in [-0.3, -0.25) is 4.79 Å². The van der Waals surface area contributed by atoms with Gasteiger partial charge in [-0.2, -0.15) is 0 Å². The molecule has 0 heterocycles. The summed E-state index contributed by atoms with van der Waals surface area (Å²) in [4.78, 5) is 11.7. The van der Waals surface area contributed by atoms with Crippen LogP contribution in [0.4, 0.5) is 0 Å². The van der Waals surface area contributed by atoms with E-state index in [4.69, 9.17) is 4.74 Å². The van der Waals surface area contributed by atoms with Crippen LogP contribution >= 0.6 is 0 Å². The standard InChI is InChI=1S/C20H23NO4S/c1-16(2)19-10-8-18(9-11-19)15-25-20(22)14-21-26(23,24)13-12-17-6-4-3-5-7-17/h3-13,16,21H,14-15H2,1-2H3/b13-12+. The summed E-state index contributed by atoms with van der Waals surface area (Å²) in [6.07, 6.45) is 1.46. The second-order valence-electron chi connectivity index (χ2n) is 6.14. The Balaban J connectivity index is 1.79.